The van der Waals surface area contributed by atoms with Crippen molar-refractivity contribution in [3.63, 3.8) is 0 Å². The second-order valence-electron chi connectivity index (χ2n) is 12.1. The Labute approximate surface area is 233 Å². The van der Waals surface area contributed by atoms with Gasteiger partial charge in [-0.25, -0.2) is 0 Å². The lowest BCUT2D eigenvalue weighted by atomic mass is 9.89. The number of carbonyl (C=O) groups is 2. The van der Waals surface area contributed by atoms with Gasteiger partial charge in [-0.15, -0.1) is 0 Å². The fourth-order valence-electron chi connectivity index (χ4n) is 5.19. The zero-order valence-corrected chi connectivity index (χ0v) is 24.8. The van der Waals surface area contributed by atoms with Gasteiger partial charge in [-0.05, 0) is 76.5 Å². The van der Waals surface area contributed by atoms with Gasteiger partial charge >= 0.3 is 5.97 Å². The minimum Gasteiger partial charge on any atom is -0.496 e. The number of nitrogens with zero attached hydrogens (tertiary/aromatic N) is 2. The van der Waals surface area contributed by atoms with Crippen molar-refractivity contribution in [1.82, 2.24) is 15.1 Å². The average Bonchev–Trinajstić information content (AvgIpc) is 3.29. The molecule has 1 N–H and O–H groups in total. The van der Waals surface area contributed by atoms with E-state index in [4.69, 9.17) is 19.3 Å². The Bertz CT molecular complexity index is 1070. The highest BCUT2D eigenvalue weighted by Gasteiger charge is 2.27. The molecule has 1 aliphatic carbocycles. The number of aromatic nitrogens is 2. The molecule has 216 valence electrons. The number of methoxy groups -OCH3 is 2. The van der Waals surface area contributed by atoms with Crippen LogP contribution < -0.4 is 14.8 Å². The Morgan fingerprint density at radius 1 is 1.05 bits per heavy atom. The SMILES string of the molecule is COc1cccc(OC)c1-c1cc(C(=O)N[C@@H](CCC(C)C)CC(=O)OC(C)(C)C)nn1CC1CCCCC1. The van der Waals surface area contributed by atoms with E-state index in [9.17, 15) is 9.59 Å². The van der Waals surface area contributed by atoms with Crippen LogP contribution in [0.25, 0.3) is 11.3 Å². The fraction of sp³-hybridized carbons (Fsp3) is 0.645. The Hall–Kier alpha value is -3.03. The van der Waals surface area contributed by atoms with Crippen LogP contribution in [0.4, 0.5) is 0 Å². The van der Waals surface area contributed by atoms with Gasteiger partial charge in [0, 0.05) is 12.6 Å². The number of rotatable bonds is 12. The van der Waals surface area contributed by atoms with Crippen molar-refractivity contribution in [2.75, 3.05) is 14.2 Å². The predicted octanol–water partition coefficient (Wildman–Crippen LogP) is 6.41. The van der Waals surface area contributed by atoms with Crippen molar-refractivity contribution in [3.05, 3.63) is 30.0 Å². The first-order valence-corrected chi connectivity index (χ1v) is 14.3. The van der Waals surface area contributed by atoms with Crippen LogP contribution in [0.5, 0.6) is 11.5 Å². The van der Waals surface area contributed by atoms with E-state index >= 15 is 0 Å². The summed E-state index contributed by atoms with van der Waals surface area (Å²) >= 11 is 0. The molecule has 0 saturated heterocycles. The van der Waals surface area contributed by atoms with Crippen molar-refractivity contribution >= 4 is 11.9 Å². The van der Waals surface area contributed by atoms with Gasteiger partial charge in [-0.3, -0.25) is 14.3 Å². The Morgan fingerprint density at radius 3 is 2.26 bits per heavy atom. The average molecular weight is 542 g/mol. The van der Waals surface area contributed by atoms with Crippen molar-refractivity contribution in [3.8, 4) is 22.8 Å². The van der Waals surface area contributed by atoms with Crippen molar-refractivity contribution in [2.24, 2.45) is 11.8 Å². The third-order valence-corrected chi connectivity index (χ3v) is 7.11. The maximum Gasteiger partial charge on any atom is 0.308 e. The summed E-state index contributed by atoms with van der Waals surface area (Å²) in [4.78, 5) is 26.2. The molecule has 1 atom stereocenters. The Balaban J connectivity index is 1.92. The highest BCUT2D eigenvalue weighted by Crippen LogP contribution is 2.39. The van der Waals surface area contributed by atoms with Crippen molar-refractivity contribution in [2.45, 2.75) is 104 Å². The summed E-state index contributed by atoms with van der Waals surface area (Å²) in [6, 6.07) is 7.12. The number of amides is 1. The molecule has 39 heavy (non-hydrogen) atoms. The van der Waals surface area contributed by atoms with Gasteiger partial charge in [0.1, 0.15) is 17.1 Å². The summed E-state index contributed by atoms with van der Waals surface area (Å²) in [5, 5.41) is 7.88. The van der Waals surface area contributed by atoms with Crippen LogP contribution in [0.1, 0.15) is 96.5 Å². The normalized spacial score (nSPS) is 15.2. The molecule has 1 heterocycles. The molecule has 3 rings (SSSR count). The van der Waals surface area contributed by atoms with Gasteiger partial charge in [0.05, 0.1) is 31.9 Å². The molecule has 1 amide bonds. The third-order valence-electron chi connectivity index (χ3n) is 7.11. The molecule has 0 bridgehead atoms. The molecule has 1 saturated carbocycles. The number of esters is 1. The lowest BCUT2D eigenvalue weighted by Gasteiger charge is -2.23. The van der Waals surface area contributed by atoms with Crippen LogP contribution >= 0.6 is 0 Å². The van der Waals surface area contributed by atoms with E-state index in [1.807, 2.05) is 49.7 Å². The van der Waals surface area contributed by atoms with Crippen LogP contribution in [-0.2, 0) is 16.1 Å². The fourth-order valence-corrected chi connectivity index (χ4v) is 5.19. The number of ether oxygens (including phenoxy) is 3. The molecule has 0 spiro atoms. The molecule has 1 aliphatic rings. The maximum atomic E-state index is 13.6. The molecule has 8 heteroatoms. The zero-order valence-electron chi connectivity index (χ0n) is 24.8. The first kappa shape index (κ1) is 30.5. The highest BCUT2D eigenvalue weighted by molar-refractivity contribution is 5.94. The minimum atomic E-state index is -0.579. The molecule has 0 aliphatic heterocycles. The lowest BCUT2D eigenvalue weighted by molar-refractivity contribution is -0.155. The topological polar surface area (TPSA) is 91.7 Å². The monoisotopic (exact) mass is 541 g/mol. The van der Waals surface area contributed by atoms with Gasteiger partial charge in [-0.1, -0.05) is 39.2 Å². The second-order valence-corrected chi connectivity index (χ2v) is 12.1. The van der Waals surface area contributed by atoms with E-state index in [1.165, 1.54) is 19.3 Å². The molecule has 1 fully saturated rings. The molecule has 8 nitrogen and oxygen atoms in total. The van der Waals surface area contributed by atoms with E-state index in [2.05, 4.69) is 19.2 Å². The lowest BCUT2D eigenvalue weighted by Crippen LogP contribution is -2.38. The van der Waals surface area contributed by atoms with E-state index < -0.39 is 5.60 Å². The Kier molecular flexibility index (Phi) is 10.8. The Morgan fingerprint density at radius 2 is 1.69 bits per heavy atom. The number of hydrogen-bond donors (Lipinski definition) is 1. The molecule has 1 aromatic heterocycles. The first-order chi connectivity index (χ1) is 18.5. The van der Waals surface area contributed by atoms with E-state index in [0.29, 0.717) is 35.4 Å². The van der Waals surface area contributed by atoms with Gasteiger partial charge in [-0.2, -0.15) is 5.10 Å². The summed E-state index contributed by atoms with van der Waals surface area (Å²) in [5.41, 5.74) is 1.29. The first-order valence-electron chi connectivity index (χ1n) is 14.3. The molecule has 0 radical (unpaired) electrons. The molecular formula is C31H47N3O5. The molecule has 2 aromatic rings. The standard InChI is InChI=1S/C31H47N3O5/c1-21(2)16-17-23(18-28(35)39-31(3,4)5)32-30(36)24-19-25(29-26(37-6)14-11-15-27(29)38-7)34(33-24)20-22-12-9-8-10-13-22/h11,14-15,19,21-23H,8-10,12-13,16-18,20H2,1-7H3,(H,32,36)/t23-/m0/s1. The second kappa shape index (κ2) is 13.9. The number of nitrogens with one attached hydrogen (secondary N) is 1. The quantitative estimate of drug-likeness (QED) is 0.312. The van der Waals surface area contributed by atoms with Crippen LogP contribution in [-0.4, -0.2) is 47.5 Å². The van der Waals surface area contributed by atoms with Crippen molar-refractivity contribution in [1.29, 1.82) is 0 Å². The van der Waals surface area contributed by atoms with E-state index in [-0.39, 0.29) is 24.3 Å². The summed E-state index contributed by atoms with van der Waals surface area (Å²) < 4.78 is 18.8. The molecular weight excluding hydrogens is 494 g/mol. The van der Waals surface area contributed by atoms with Crippen molar-refractivity contribution < 1.29 is 23.8 Å². The van der Waals surface area contributed by atoms with E-state index in [1.54, 1.807) is 14.2 Å². The zero-order chi connectivity index (χ0) is 28.6. The van der Waals surface area contributed by atoms with Crippen LogP contribution in [0, 0.1) is 11.8 Å². The van der Waals surface area contributed by atoms with Gasteiger partial charge in [0.15, 0.2) is 5.69 Å². The largest absolute Gasteiger partial charge is 0.496 e. The molecule has 0 unspecified atom stereocenters. The van der Waals surface area contributed by atoms with Crippen LogP contribution in [0.15, 0.2) is 24.3 Å². The van der Waals surface area contributed by atoms with Crippen LogP contribution in [0.3, 0.4) is 0 Å². The summed E-state index contributed by atoms with van der Waals surface area (Å²) in [5.74, 6) is 1.64. The smallest absolute Gasteiger partial charge is 0.308 e. The molecule has 1 aromatic carbocycles. The van der Waals surface area contributed by atoms with Gasteiger partial charge in [0.25, 0.3) is 5.91 Å². The summed E-state index contributed by atoms with van der Waals surface area (Å²) in [6.45, 7) is 10.5. The van der Waals surface area contributed by atoms with Gasteiger partial charge in [0.2, 0.25) is 0 Å². The highest BCUT2D eigenvalue weighted by atomic mass is 16.6. The summed E-state index contributed by atoms with van der Waals surface area (Å²) in [7, 11) is 3.26. The summed E-state index contributed by atoms with van der Waals surface area (Å²) in [6.07, 6.45) is 7.68. The third kappa shape index (κ3) is 9.01. The van der Waals surface area contributed by atoms with Crippen LogP contribution in [0.2, 0.25) is 0 Å². The number of benzene rings is 1. The predicted molar refractivity (Wildman–Crippen MR) is 153 cm³/mol. The van der Waals surface area contributed by atoms with E-state index in [0.717, 1.165) is 37.1 Å². The number of hydrogen-bond acceptors (Lipinski definition) is 6. The minimum absolute atomic E-state index is 0.117. The number of carbonyl (C=O) groups excluding carboxylic acids is 2. The maximum absolute atomic E-state index is 13.6. The van der Waals surface area contributed by atoms with Gasteiger partial charge < -0.3 is 19.5 Å².